The van der Waals surface area contributed by atoms with Crippen LogP contribution >= 0.6 is 0 Å². The smallest absolute Gasteiger partial charge is 0.330 e. The maximum absolute atomic E-state index is 10.6. The normalized spacial score (nSPS) is 14.0. The summed E-state index contributed by atoms with van der Waals surface area (Å²) in [4.78, 5) is 41.7. The fourth-order valence-electron chi connectivity index (χ4n) is 0.847. The summed E-state index contributed by atoms with van der Waals surface area (Å²) in [6.45, 7) is 0. The highest BCUT2D eigenvalue weighted by molar-refractivity contribution is 5.81. The molecule has 0 bridgehead atoms. The quantitative estimate of drug-likeness (QED) is 0.415. The molecule has 100 valence electrons. The highest BCUT2D eigenvalue weighted by atomic mass is 16.4. The van der Waals surface area contributed by atoms with Crippen molar-refractivity contribution in [1.82, 2.24) is 0 Å². The number of hydrogen-bond acceptors (Lipinski definition) is 6. The molecule has 0 aliphatic rings. The summed E-state index contributed by atoms with van der Waals surface area (Å²) < 4.78 is 0. The van der Waals surface area contributed by atoms with E-state index in [4.69, 9.17) is 20.4 Å². The number of nitrogens with zero attached hydrogens (tertiary/aromatic N) is 2. The minimum absolute atomic E-state index is 0.877. The average Bonchev–Trinajstić information content (AvgIpc) is 2.20. The van der Waals surface area contributed by atoms with Crippen molar-refractivity contribution in [1.29, 1.82) is 0 Å². The van der Waals surface area contributed by atoms with Gasteiger partial charge in [-0.05, 0) is 0 Å². The molecule has 2 atom stereocenters. The van der Waals surface area contributed by atoms with Gasteiger partial charge in [0.1, 0.15) is 0 Å². The van der Waals surface area contributed by atoms with Crippen molar-refractivity contribution in [2.24, 2.45) is 10.2 Å². The first-order chi connectivity index (χ1) is 8.23. The fourth-order valence-corrected chi connectivity index (χ4v) is 0.847. The molecule has 0 aliphatic carbocycles. The third-order valence-electron chi connectivity index (χ3n) is 1.65. The summed E-state index contributed by atoms with van der Waals surface area (Å²) in [5.41, 5.74) is 0. The zero-order chi connectivity index (χ0) is 14.3. The van der Waals surface area contributed by atoms with Crippen LogP contribution in [-0.4, -0.2) is 56.4 Å². The molecule has 0 saturated heterocycles. The van der Waals surface area contributed by atoms with E-state index in [-0.39, 0.29) is 0 Å². The predicted octanol–water partition coefficient (Wildman–Crippen LogP) is -0.706. The minimum atomic E-state index is -1.75. The first-order valence-electron chi connectivity index (χ1n) is 4.53. The van der Waals surface area contributed by atoms with Gasteiger partial charge in [-0.25, -0.2) is 9.59 Å². The van der Waals surface area contributed by atoms with Crippen molar-refractivity contribution in [3.05, 3.63) is 0 Å². The van der Waals surface area contributed by atoms with Crippen LogP contribution < -0.4 is 0 Å². The van der Waals surface area contributed by atoms with E-state index in [1.165, 1.54) is 0 Å². The van der Waals surface area contributed by atoms with Crippen molar-refractivity contribution >= 4 is 23.9 Å². The molecule has 2 unspecified atom stereocenters. The van der Waals surface area contributed by atoms with Crippen LogP contribution in [0.25, 0.3) is 0 Å². The second kappa shape index (κ2) is 6.93. The Morgan fingerprint density at radius 2 is 1.00 bits per heavy atom. The van der Waals surface area contributed by atoms with Gasteiger partial charge in [0, 0.05) is 0 Å². The molecule has 0 aromatic heterocycles. The predicted molar refractivity (Wildman–Crippen MR) is 52.2 cm³/mol. The lowest BCUT2D eigenvalue weighted by atomic mass is 10.2. The molecule has 0 radical (unpaired) electrons. The Bertz CT molecular complexity index is 355. The molecule has 0 saturated carbocycles. The lowest BCUT2D eigenvalue weighted by Gasteiger charge is -2.05. The summed E-state index contributed by atoms with van der Waals surface area (Å²) in [7, 11) is 0. The summed E-state index contributed by atoms with van der Waals surface area (Å²) >= 11 is 0. The van der Waals surface area contributed by atoms with Crippen molar-refractivity contribution in [2.75, 3.05) is 0 Å². The minimum Gasteiger partial charge on any atom is -0.481 e. The van der Waals surface area contributed by atoms with E-state index in [1.807, 2.05) is 0 Å². The molecule has 0 heterocycles. The molecule has 10 heteroatoms. The number of carboxylic acids is 4. The zero-order valence-corrected chi connectivity index (χ0v) is 8.89. The molecule has 4 N–H and O–H groups in total. The summed E-state index contributed by atoms with van der Waals surface area (Å²) in [6.07, 6.45) is -1.75. The van der Waals surface area contributed by atoms with Gasteiger partial charge >= 0.3 is 23.9 Å². The van der Waals surface area contributed by atoms with Crippen LogP contribution in [0.4, 0.5) is 0 Å². The second-order valence-corrected chi connectivity index (χ2v) is 3.13. The molecular formula is C8H10N2O8. The Hall–Kier alpha value is -2.52. The highest BCUT2D eigenvalue weighted by Gasteiger charge is 2.24. The lowest BCUT2D eigenvalue weighted by molar-refractivity contribution is -0.146. The number of carbonyl (C=O) groups is 4. The van der Waals surface area contributed by atoms with Gasteiger partial charge in [-0.2, -0.15) is 10.2 Å². The molecule has 0 aliphatic heterocycles. The van der Waals surface area contributed by atoms with Crippen molar-refractivity contribution in [2.45, 2.75) is 24.9 Å². The zero-order valence-electron chi connectivity index (χ0n) is 8.89. The number of aliphatic carboxylic acids is 4. The number of hydrogen-bond donors (Lipinski definition) is 4. The van der Waals surface area contributed by atoms with E-state index in [0.29, 0.717) is 0 Å². The Labute approximate surface area is 99.6 Å². The van der Waals surface area contributed by atoms with Gasteiger partial charge in [0.15, 0.2) is 12.1 Å². The maximum Gasteiger partial charge on any atom is 0.330 e. The first-order valence-corrected chi connectivity index (χ1v) is 4.53. The molecule has 0 amide bonds. The van der Waals surface area contributed by atoms with Gasteiger partial charge in [-0.1, -0.05) is 0 Å². The van der Waals surface area contributed by atoms with Gasteiger partial charge in [0.25, 0.3) is 0 Å². The van der Waals surface area contributed by atoms with Crippen molar-refractivity contribution in [3.8, 4) is 0 Å². The molecule has 0 spiro atoms. The van der Waals surface area contributed by atoms with Gasteiger partial charge in [0.05, 0.1) is 12.8 Å². The second-order valence-electron chi connectivity index (χ2n) is 3.13. The molecule has 18 heavy (non-hydrogen) atoms. The Morgan fingerprint density at radius 3 is 1.17 bits per heavy atom. The molecule has 10 nitrogen and oxygen atoms in total. The Morgan fingerprint density at radius 1 is 0.722 bits per heavy atom. The number of azo groups is 1. The highest BCUT2D eigenvalue weighted by Crippen LogP contribution is 2.05. The van der Waals surface area contributed by atoms with E-state index in [2.05, 4.69) is 10.2 Å². The molecule has 0 fully saturated rings. The standard InChI is InChI=1S/C8H10N2O8/c11-5(12)1-3(7(15)16)9-10-4(8(17)18)2-6(13)14/h3-4H,1-2H2,(H,11,12)(H,13,14)(H,15,16)(H,17,18). The van der Waals surface area contributed by atoms with Crippen LogP contribution in [0.5, 0.6) is 0 Å². The van der Waals surface area contributed by atoms with Crippen LogP contribution in [0.2, 0.25) is 0 Å². The van der Waals surface area contributed by atoms with E-state index in [0.717, 1.165) is 0 Å². The fraction of sp³-hybridized carbons (Fsp3) is 0.500. The van der Waals surface area contributed by atoms with E-state index in [1.54, 1.807) is 0 Å². The average molecular weight is 262 g/mol. The van der Waals surface area contributed by atoms with Gasteiger partial charge in [-0.15, -0.1) is 0 Å². The summed E-state index contributed by atoms with van der Waals surface area (Å²) in [5, 5.41) is 40.0. The third kappa shape index (κ3) is 6.15. The molecule has 0 rings (SSSR count). The molecule has 0 aromatic carbocycles. The number of rotatable bonds is 8. The summed E-state index contributed by atoms with van der Waals surface area (Å²) in [5.74, 6) is -6.10. The van der Waals surface area contributed by atoms with Gasteiger partial charge in [0.2, 0.25) is 0 Å². The first kappa shape index (κ1) is 15.5. The van der Waals surface area contributed by atoms with E-state index in [9.17, 15) is 19.2 Å². The Balaban J connectivity index is 4.80. The van der Waals surface area contributed by atoms with Crippen LogP contribution in [0, 0.1) is 0 Å². The number of carboxylic acid groups (broad SMARTS) is 4. The maximum atomic E-state index is 10.6. The SMILES string of the molecule is O=C(O)CC(N=NC(CC(=O)O)C(=O)O)C(=O)O. The van der Waals surface area contributed by atoms with Crippen LogP contribution in [0.1, 0.15) is 12.8 Å². The molecule has 0 aromatic rings. The van der Waals surface area contributed by atoms with Crippen LogP contribution in [-0.2, 0) is 19.2 Å². The Kier molecular flexibility index (Phi) is 5.96. The van der Waals surface area contributed by atoms with E-state index < -0.39 is 48.8 Å². The largest absolute Gasteiger partial charge is 0.481 e. The van der Waals surface area contributed by atoms with Gasteiger partial charge < -0.3 is 20.4 Å². The van der Waals surface area contributed by atoms with Crippen LogP contribution in [0.3, 0.4) is 0 Å². The monoisotopic (exact) mass is 262 g/mol. The summed E-state index contributed by atoms with van der Waals surface area (Å²) in [6, 6.07) is -3.50. The topological polar surface area (TPSA) is 174 Å². The third-order valence-corrected chi connectivity index (χ3v) is 1.65. The van der Waals surface area contributed by atoms with Crippen LogP contribution in [0.15, 0.2) is 10.2 Å². The molecular weight excluding hydrogens is 252 g/mol. The lowest BCUT2D eigenvalue weighted by Crippen LogP contribution is -2.24. The van der Waals surface area contributed by atoms with Crippen molar-refractivity contribution < 1.29 is 39.6 Å². The van der Waals surface area contributed by atoms with Gasteiger partial charge in [-0.3, -0.25) is 9.59 Å². The van der Waals surface area contributed by atoms with Crippen molar-refractivity contribution in [3.63, 3.8) is 0 Å². The van der Waals surface area contributed by atoms with E-state index >= 15 is 0 Å².